The fourth-order valence-electron chi connectivity index (χ4n) is 2.49. The molecule has 0 amide bonds. The molecule has 1 aliphatic rings. The number of aliphatic hydroxyl groups is 1. The highest BCUT2D eigenvalue weighted by molar-refractivity contribution is 7.91. The summed E-state index contributed by atoms with van der Waals surface area (Å²) in [5, 5.41) is 10.3. The summed E-state index contributed by atoms with van der Waals surface area (Å²) in [6.45, 7) is -2.70. The molecule has 1 aromatic heterocycles. The summed E-state index contributed by atoms with van der Waals surface area (Å²) >= 11 is 6.02. The van der Waals surface area contributed by atoms with Gasteiger partial charge >= 0.3 is 21.3 Å². The van der Waals surface area contributed by atoms with E-state index >= 15 is 0 Å². The highest BCUT2D eigenvalue weighted by Crippen LogP contribution is 2.67. The molecule has 1 aromatic rings. The predicted molar refractivity (Wildman–Crippen MR) is 105 cm³/mol. The standard InChI is InChI=1S/C10H16ClF2N3O12P4/c11-10(3-12)6(17)5(26-8(10)16-1-4(13)7(14)15-9(16)18)2-25-30(19,20)27-31(21,22)28-32(23,24)29/h1,5-6,8,17,23-24,29H,2-3H2,(H,19,20)(H,21,22)(H2,14,15,18)/t5-,6+,8-,10?/m1/s1. The van der Waals surface area contributed by atoms with Crippen molar-refractivity contribution >= 4 is 48.8 Å². The van der Waals surface area contributed by atoms with Crippen LogP contribution in [0.5, 0.6) is 0 Å². The SMILES string of the molecule is Nc1nc(=O)n([C@@H]2O[C@H](COP(=O)(O)OP(=O)(O)OP(O)(O)=P)[C@H](O)C2(Cl)CF)cc1F. The van der Waals surface area contributed by atoms with Crippen LogP contribution in [-0.2, 0) is 27.0 Å². The maximum atomic E-state index is 13.7. The molecular weight excluding hydrogens is 551 g/mol. The maximum absolute atomic E-state index is 13.7. The molecule has 22 heteroatoms. The first-order valence-electron chi connectivity index (χ1n) is 7.86. The summed E-state index contributed by atoms with van der Waals surface area (Å²) in [5.74, 6) is -1.98. The van der Waals surface area contributed by atoms with Crippen LogP contribution in [-0.4, -0.2) is 64.6 Å². The lowest BCUT2D eigenvalue weighted by Gasteiger charge is -2.27. The second-order valence-electron chi connectivity index (χ2n) is 6.14. The number of anilines is 1. The maximum Gasteiger partial charge on any atom is 0.488 e. The molecule has 184 valence electrons. The lowest BCUT2D eigenvalue weighted by atomic mass is 10.00. The van der Waals surface area contributed by atoms with Gasteiger partial charge in [-0.2, -0.15) is 9.29 Å². The molecule has 0 radical (unpaired) electrons. The van der Waals surface area contributed by atoms with Crippen molar-refractivity contribution < 1.29 is 60.5 Å². The van der Waals surface area contributed by atoms with Crippen LogP contribution in [0, 0.1) is 5.82 Å². The van der Waals surface area contributed by atoms with Crippen molar-refractivity contribution in [3.8, 4) is 0 Å². The van der Waals surface area contributed by atoms with Gasteiger partial charge in [-0.05, 0) is 8.53 Å². The normalized spacial score (nSPS) is 30.1. The minimum Gasteiger partial charge on any atom is -0.388 e. The summed E-state index contributed by atoms with van der Waals surface area (Å²) in [7, 11) is -13.5. The zero-order valence-corrected chi connectivity index (χ0v) is 19.7. The van der Waals surface area contributed by atoms with Gasteiger partial charge in [-0.25, -0.2) is 27.0 Å². The van der Waals surface area contributed by atoms with Gasteiger partial charge in [-0.1, -0.05) is 0 Å². The van der Waals surface area contributed by atoms with Crippen LogP contribution in [0.2, 0.25) is 0 Å². The summed E-state index contributed by atoms with van der Waals surface area (Å²) in [5.41, 5.74) is 3.92. The fraction of sp³-hybridized carbons (Fsp3) is 0.600. The van der Waals surface area contributed by atoms with E-state index in [4.69, 9.17) is 31.9 Å². The molecule has 2 rings (SSSR count). The van der Waals surface area contributed by atoms with Gasteiger partial charge in [0.25, 0.3) is 7.23 Å². The average Bonchev–Trinajstić information content (AvgIpc) is 2.85. The van der Waals surface area contributed by atoms with Crippen molar-refractivity contribution in [2.75, 3.05) is 19.0 Å². The Morgan fingerprint density at radius 2 is 1.91 bits per heavy atom. The number of hydrogen-bond donors (Lipinski definition) is 6. The Hall–Kier alpha value is -0.340. The number of nitrogens with two attached hydrogens (primary N) is 1. The summed E-state index contributed by atoms with van der Waals surface area (Å²) in [6.07, 6.45) is -5.22. The minimum atomic E-state index is -5.55. The Bertz CT molecular complexity index is 1070. The molecule has 0 aliphatic carbocycles. The number of aliphatic hydroxyl groups excluding tert-OH is 1. The Balaban J connectivity index is 2.21. The molecule has 1 saturated heterocycles. The van der Waals surface area contributed by atoms with Gasteiger partial charge in [0.15, 0.2) is 17.9 Å². The lowest BCUT2D eigenvalue weighted by molar-refractivity contribution is -0.0469. The molecule has 0 saturated carbocycles. The van der Waals surface area contributed by atoms with Gasteiger partial charge < -0.3 is 35.2 Å². The van der Waals surface area contributed by atoms with Gasteiger partial charge in [-0.15, -0.1) is 11.6 Å². The van der Waals surface area contributed by atoms with Crippen LogP contribution in [0.25, 0.3) is 0 Å². The van der Waals surface area contributed by atoms with E-state index in [1.165, 1.54) is 0 Å². The predicted octanol–water partition coefficient (Wildman–Crippen LogP) is 0.226. The molecule has 15 nitrogen and oxygen atoms in total. The Morgan fingerprint density at radius 3 is 2.44 bits per heavy atom. The van der Waals surface area contributed by atoms with Crippen LogP contribution in [0.15, 0.2) is 11.0 Å². The molecule has 7 N–H and O–H groups in total. The van der Waals surface area contributed by atoms with E-state index in [9.17, 15) is 37.6 Å². The van der Waals surface area contributed by atoms with E-state index in [0.717, 1.165) is 0 Å². The minimum absolute atomic E-state index is 0.383. The van der Waals surface area contributed by atoms with Crippen LogP contribution >= 0.6 is 43.0 Å². The number of aromatic nitrogens is 2. The molecule has 2 heterocycles. The molecule has 6 atom stereocenters. The molecule has 0 aromatic carbocycles. The fourth-order valence-corrected chi connectivity index (χ4v) is 6.82. The van der Waals surface area contributed by atoms with Gasteiger partial charge in [0, 0.05) is 0 Å². The van der Waals surface area contributed by atoms with Gasteiger partial charge in [0.05, 0.1) is 12.8 Å². The summed E-state index contributed by atoms with van der Waals surface area (Å²) in [6, 6.07) is 0. The van der Waals surface area contributed by atoms with Crippen molar-refractivity contribution in [1.82, 2.24) is 9.55 Å². The number of nitrogens with zero attached hydrogens (tertiary/aromatic N) is 2. The number of halogens is 3. The second kappa shape index (κ2) is 9.73. The third-order valence-corrected chi connectivity index (χ3v) is 8.88. The summed E-state index contributed by atoms with van der Waals surface area (Å²) < 4.78 is 68.3. The first-order valence-corrected chi connectivity index (χ1v) is 14.2. The number of hydrogen-bond acceptors (Lipinski definition) is 10. The highest BCUT2D eigenvalue weighted by atomic mass is 35.5. The zero-order chi connectivity index (χ0) is 24.7. The van der Waals surface area contributed by atoms with E-state index in [1.807, 2.05) is 0 Å². The monoisotopic (exact) mass is 567 g/mol. The Morgan fingerprint density at radius 1 is 1.31 bits per heavy atom. The molecule has 0 bridgehead atoms. The molecule has 3 unspecified atom stereocenters. The molecular formula is C10H16ClF2N3O12P4. The van der Waals surface area contributed by atoms with Gasteiger partial charge in [0.2, 0.25) is 0 Å². The average molecular weight is 568 g/mol. The lowest BCUT2D eigenvalue weighted by Crippen LogP contribution is -2.46. The Kier molecular flexibility index (Phi) is 8.48. The van der Waals surface area contributed by atoms with Gasteiger partial charge in [-0.3, -0.25) is 9.09 Å². The molecule has 32 heavy (non-hydrogen) atoms. The topological polar surface area (TPSA) is 233 Å². The second-order valence-corrected chi connectivity index (χ2v) is 13.1. The van der Waals surface area contributed by atoms with E-state index in [-0.39, 0.29) is 0 Å². The van der Waals surface area contributed by atoms with Crippen molar-refractivity contribution in [2.24, 2.45) is 0 Å². The number of phosphoric ester groups is 1. The van der Waals surface area contributed by atoms with Crippen LogP contribution in [0.3, 0.4) is 0 Å². The third kappa shape index (κ3) is 6.62. The number of nitrogen functional groups attached to an aromatic ring is 1. The van der Waals surface area contributed by atoms with Crippen LogP contribution in [0.1, 0.15) is 6.23 Å². The van der Waals surface area contributed by atoms with E-state index < -0.39 is 76.8 Å². The largest absolute Gasteiger partial charge is 0.488 e. The van der Waals surface area contributed by atoms with Crippen molar-refractivity contribution in [1.29, 1.82) is 0 Å². The third-order valence-electron chi connectivity index (χ3n) is 3.77. The van der Waals surface area contributed by atoms with Crippen molar-refractivity contribution in [3.05, 3.63) is 22.5 Å². The van der Waals surface area contributed by atoms with E-state index in [2.05, 4.69) is 26.7 Å². The zero-order valence-electron chi connectivity index (χ0n) is 15.3. The van der Waals surface area contributed by atoms with Crippen LogP contribution < -0.4 is 11.4 Å². The van der Waals surface area contributed by atoms with Gasteiger partial charge in [0.1, 0.15) is 23.8 Å². The first kappa shape index (κ1) is 27.9. The molecule has 1 fully saturated rings. The smallest absolute Gasteiger partial charge is 0.388 e. The number of rotatable bonds is 9. The summed E-state index contributed by atoms with van der Waals surface area (Å²) in [4.78, 5) is 49.4. The van der Waals surface area contributed by atoms with E-state index in [1.54, 1.807) is 0 Å². The number of ether oxygens (including phenoxy) is 1. The van der Waals surface area contributed by atoms with Crippen LogP contribution in [0.4, 0.5) is 14.6 Å². The Labute approximate surface area is 184 Å². The quantitative estimate of drug-likeness (QED) is 0.173. The molecule has 1 aliphatic heterocycles. The van der Waals surface area contributed by atoms with Crippen molar-refractivity contribution in [3.63, 3.8) is 0 Å². The number of alkyl halides is 2. The molecule has 0 spiro atoms. The van der Waals surface area contributed by atoms with E-state index in [0.29, 0.717) is 10.8 Å². The number of phosphoric acid groups is 2. The van der Waals surface area contributed by atoms with Crippen molar-refractivity contribution in [2.45, 2.75) is 23.3 Å². The first-order chi connectivity index (χ1) is 14.4. The highest BCUT2D eigenvalue weighted by Gasteiger charge is 2.57.